The van der Waals surface area contributed by atoms with Crippen molar-refractivity contribution in [3.05, 3.63) is 0 Å². The van der Waals surface area contributed by atoms with Gasteiger partial charge in [-0.2, -0.15) is 0 Å². The number of hydrogen-bond donors (Lipinski definition) is 2. The molecule has 1 aliphatic heterocycles. The molecule has 15 heavy (non-hydrogen) atoms. The molecule has 3 atom stereocenters. The van der Waals surface area contributed by atoms with Crippen molar-refractivity contribution in [2.45, 2.75) is 39.7 Å². The molecule has 1 rings (SSSR count). The fraction of sp³-hybridized carbons (Fsp3) is 0.909. The van der Waals surface area contributed by atoms with Crippen LogP contribution >= 0.6 is 0 Å². The average Bonchev–Trinajstić information content (AvgIpc) is 2.17. The molecule has 0 aromatic heterocycles. The zero-order chi connectivity index (χ0) is 11.4. The molecule has 1 amide bonds. The van der Waals surface area contributed by atoms with Gasteiger partial charge in [-0.05, 0) is 24.7 Å². The zero-order valence-corrected chi connectivity index (χ0v) is 9.99. The number of amides is 1. The van der Waals surface area contributed by atoms with Gasteiger partial charge in [-0.1, -0.05) is 20.8 Å². The Labute approximate surface area is 92.2 Å². The van der Waals surface area contributed by atoms with Gasteiger partial charge >= 0.3 is 0 Å². The number of nitrogens with zero attached hydrogens (tertiary/aromatic N) is 1. The van der Waals surface area contributed by atoms with Crippen LogP contribution in [0.25, 0.3) is 0 Å². The first kappa shape index (κ1) is 12.5. The second kappa shape index (κ2) is 5.47. The van der Waals surface area contributed by atoms with Crippen LogP contribution in [0.2, 0.25) is 0 Å². The molecule has 0 radical (unpaired) electrons. The Morgan fingerprint density at radius 1 is 1.47 bits per heavy atom. The fourth-order valence-corrected chi connectivity index (χ4v) is 2.67. The molecule has 1 fully saturated rings. The van der Waals surface area contributed by atoms with Crippen LogP contribution in [0.3, 0.4) is 0 Å². The average molecular weight is 213 g/mol. The number of likely N-dealkylation sites (tertiary alicyclic amines) is 1. The van der Waals surface area contributed by atoms with Crippen molar-refractivity contribution >= 4 is 5.91 Å². The van der Waals surface area contributed by atoms with Crippen molar-refractivity contribution in [3.8, 4) is 0 Å². The Morgan fingerprint density at radius 3 is 2.40 bits per heavy atom. The van der Waals surface area contributed by atoms with Gasteiger partial charge in [0.2, 0.25) is 0 Å². The van der Waals surface area contributed by atoms with E-state index in [-0.39, 0.29) is 11.9 Å². The van der Waals surface area contributed by atoms with E-state index in [0.29, 0.717) is 11.8 Å². The third kappa shape index (κ3) is 3.18. The number of hydrazine groups is 1. The van der Waals surface area contributed by atoms with Crippen molar-refractivity contribution in [1.82, 2.24) is 10.3 Å². The van der Waals surface area contributed by atoms with Crippen LogP contribution in [0.5, 0.6) is 0 Å². The van der Waals surface area contributed by atoms with Crippen molar-refractivity contribution in [3.63, 3.8) is 0 Å². The number of hydrogen-bond acceptors (Lipinski definition) is 3. The molecule has 1 saturated heterocycles. The number of nitrogens with one attached hydrogen (secondary N) is 1. The maximum atomic E-state index is 11.6. The van der Waals surface area contributed by atoms with Crippen LogP contribution in [0.15, 0.2) is 0 Å². The summed E-state index contributed by atoms with van der Waals surface area (Å²) < 4.78 is 0. The Morgan fingerprint density at radius 2 is 2.00 bits per heavy atom. The molecule has 4 heteroatoms. The lowest BCUT2D eigenvalue weighted by atomic mass is 9.90. The Hall–Kier alpha value is -0.610. The smallest absolute Gasteiger partial charge is 0.251 e. The van der Waals surface area contributed by atoms with Gasteiger partial charge in [-0.15, -0.1) is 0 Å². The van der Waals surface area contributed by atoms with Gasteiger partial charge in [0, 0.05) is 13.1 Å². The molecule has 1 aliphatic rings. The molecule has 0 aromatic carbocycles. The summed E-state index contributed by atoms with van der Waals surface area (Å²) in [5.41, 5.74) is 2.26. The highest BCUT2D eigenvalue weighted by Gasteiger charge is 2.29. The first-order valence-electron chi connectivity index (χ1n) is 5.83. The van der Waals surface area contributed by atoms with Gasteiger partial charge < -0.3 is 0 Å². The van der Waals surface area contributed by atoms with Crippen LogP contribution in [0.4, 0.5) is 0 Å². The quantitative estimate of drug-likeness (QED) is 0.413. The van der Waals surface area contributed by atoms with E-state index in [1.54, 1.807) is 0 Å². The normalized spacial score (nSPS) is 29.9. The van der Waals surface area contributed by atoms with E-state index in [2.05, 4.69) is 24.2 Å². The summed E-state index contributed by atoms with van der Waals surface area (Å²) in [5.74, 6) is 6.49. The monoisotopic (exact) mass is 213 g/mol. The summed E-state index contributed by atoms with van der Waals surface area (Å²) in [7, 11) is 0. The summed E-state index contributed by atoms with van der Waals surface area (Å²) >= 11 is 0. The van der Waals surface area contributed by atoms with E-state index < -0.39 is 0 Å². The molecule has 4 nitrogen and oxygen atoms in total. The highest BCUT2D eigenvalue weighted by atomic mass is 16.2. The largest absolute Gasteiger partial charge is 0.293 e. The lowest BCUT2D eigenvalue weighted by Crippen LogP contribution is -2.53. The second-order valence-corrected chi connectivity index (χ2v) is 4.83. The standard InChI is InChI=1S/C11H23N3O/c1-4-10(11(15)13-12)14-6-8(2)5-9(3)7-14/h8-10H,4-7,12H2,1-3H3,(H,13,15)/t8-,9+,10-/m1/s1. The third-order valence-corrected chi connectivity index (χ3v) is 3.17. The van der Waals surface area contributed by atoms with Gasteiger partial charge in [0.25, 0.3) is 5.91 Å². The zero-order valence-electron chi connectivity index (χ0n) is 9.99. The van der Waals surface area contributed by atoms with Gasteiger partial charge in [0.15, 0.2) is 0 Å². The van der Waals surface area contributed by atoms with Gasteiger partial charge in [-0.3, -0.25) is 15.1 Å². The minimum atomic E-state index is -0.0567. The summed E-state index contributed by atoms with van der Waals surface area (Å²) in [6.07, 6.45) is 2.08. The summed E-state index contributed by atoms with van der Waals surface area (Å²) in [6, 6.07) is -0.0554. The molecule has 0 unspecified atom stereocenters. The van der Waals surface area contributed by atoms with E-state index in [0.717, 1.165) is 19.5 Å². The molecule has 1 heterocycles. The fourth-order valence-electron chi connectivity index (χ4n) is 2.67. The lowest BCUT2D eigenvalue weighted by molar-refractivity contribution is -0.127. The SMILES string of the molecule is CC[C@H](C(=O)NN)N1C[C@H](C)C[C@H](C)C1. The highest BCUT2D eigenvalue weighted by Crippen LogP contribution is 2.23. The first-order chi connectivity index (χ1) is 7.08. The number of carbonyl (C=O) groups excluding carboxylic acids is 1. The Bertz CT molecular complexity index is 210. The van der Waals surface area contributed by atoms with Crippen molar-refractivity contribution in [1.29, 1.82) is 0 Å². The van der Waals surface area contributed by atoms with Crippen molar-refractivity contribution in [2.24, 2.45) is 17.7 Å². The van der Waals surface area contributed by atoms with Crippen LogP contribution in [-0.4, -0.2) is 29.9 Å². The third-order valence-electron chi connectivity index (χ3n) is 3.17. The van der Waals surface area contributed by atoms with Crippen LogP contribution < -0.4 is 11.3 Å². The number of rotatable bonds is 3. The lowest BCUT2D eigenvalue weighted by Gasteiger charge is -2.38. The van der Waals surface area contributed by atoms with E-state index in [9.17, 15) is 4.79 Å². The molecule has 0 aliphatic carbocycles. The molecule has 0 spiro atoms. The van der Waals surface area contributed by atoms with E-state index in [1.165, 1.54) is 6.42 Å². The Balaban J connectivity index is 2.63. The van der Waals surface area contributed by atoms with Crippen LogP contribution in [0.1, 0.15) is 33.6 Å². The Kier molecular flexibility index (Phi) is 4.54. The summed E-state index contributed by atoms with van der Waals surface area (Å²) in [5, 5.41) is 0. The van der Waals surface area contributed by atoms with Crippen molar-refractivity contribution in [2.75, 3.05) is 13.1 Å². The summed E-state index contributed by atoms with van der Waals surface area (Å²) in [6.45, 7) is 8.54. The molecular weight excluding hydrogens is 190 g/mol. The molecular formula is C11H23N3O. The maximum Gasteiger partial charge on any atom is 0.251 e. The number of carbonyl (C=O) groups is 1. The molecule has 88 valence electrons. The van der Waals surface area contributed by atoms with Gasteiger partial charge in [0.05, 0.1) is 6.04 Å². The molecule has 3 N–H and O–H groups in total. The maximum absolute atomic E-state index is 11.6. The van der Waals surface area contributed by atoms with Gasteiger partial charge in [0.1, 0.15) is 0 Å². The molecule has 0 saturated carbocycles. The van der Waals surface area contributed by atoms with E-state index in [1.807, 2.05) is 6.92 Å². The minimum absolute atomic E-state index is 0.0554. The van der Waals surface area contributed by atoms with E-state index >= 15 is 0 Å². The molecule has 0 bridgehead atoms. The highest BCUT2D eigenvalue weighted by molar-refractivity contribution is 5.81. The first-order valence-corrected chi connectivity index (χ1v) is 5.83. The molecule has 0 aromatic rings. The van der Waals surface area contributed by atoms with Gasteiger partial charge in [-0.25, -0.2) is 5.84 Å². The second-order valence-electron chi connectivity index (χ2n) is 4.83. The van der Waals surface area contributed by atoms with Crippen LogP contribution in [0, 0.1) is 11.8 Å². The number of nitrogens with two attached hydrogens (primary N) is 1. The topological polar surface area (TPSA) is 58.4 Å². The van der Waals surface area contributed by atoms with E-state index in [4.69, 9.17) is 5.84 Å². The van der Waals surface area contributed by atoms with Crippen LogP contribution in [-0.2, 0) is 4.79 Å². The number of piperidine rings is 1. The summed E-state index contributed by atoms with van der Waals surface area (Å²) in [4.78, 5) is 13.8. The minimum Gasteiger partial charge on any atom is -0.293 e. The van der Waals surface area contributed by atoms with Crippen molar-refractivity contribution < 1.29 is 4.79 Å². The predicted molar refractivity (Wildman–Crippen MR) is 60.9 cm³/mol. The predicted octanol–water partition coefficient (Wildman–Crippen LogP) is 0.733.